The summed E-state index contributed by atoms with van der Waals surface area (Å²) in [6.45, 7) is 0.387. The van der Waals surface area contributed by atoms with Gasteiger partial charge >= 0.3 is 0 Å². The van der Waals surface area contributed by atoms with E-state index >= 15 is 0 Å². The van der Waals surface area contributed by atoms with E-state index in [4.69, 9.17) is 22.1 Å². The highest BCUT2D eigenvalue weighted by molar-refractivity contribution is 6.31. The number of benzene rings is 1. The molecule has 1 aliphatic heterocycles. The first-order valence-electron chi connectivity index (χ1n) is 8.43. The Morgan fingerprint density at radius 3 is 2.89 bits per heavy atom. The Labute approximate surface area is 160 Å². The maximum absolute atomic E-state index is 12.9. The Bertz CT molecular complexity index is 1080. The number of nitrogens with one attached hydrogen (secondary N) is 1. The molecule has 2 aromatic heterocycles. The zero-order chi connectivity index (χ0) is 19.1. The SMILES string of the molecule is Cn1c(C(=O)NC2CCOc3nc(C(N)=O)ccc32)cc2ccc(Cl)cc21. The molecule has 0 aliphatic carbocycles. The number of amides is 2. The lowest BCUT2D eigenvalue weighted by molar-refractivity contribution is 0.0913. The number of nitrogens with two attached hydrogens (primary N) is 1. The minimum atomic E-state index is -0.623. The molecule has 0 saturated carbocycles. The molecule has 138 valence electrons. The van der Waals surface area contributed by atoms with E-state index in [9.17, 15) is 9.59 Å². The number of primary amides is 1. The van der Waals surface area contributed by atoms with E-state index in [2.05, 4.69) is 10.3 Å². The van der Waals surface area contributed by atoms with Crippen LogP contribution in [0.15, 0.2) is 36.4 Å². The molecule has 27 heavy (non-hydrogen) atoms. The zero-order valence-corrected chi connectivity index (χ0v) is 15.3. The molecule has 1 aromatic carbocycles. The van der Waals surface area contributed by atoms with Gasteiger partial charge < -0.3 is 20.4 Å². The number of hydrogen-bond acceptors (Lipinski definition) is 4. The Morgan fingerprint density at radius 1 is 1.30 bits per heavy atom. The van der Waals surface area contributed by atoms with Gasteiger partial charge in [-0.1, -0.05) is 17.7 Å². The van der Waals surface area contributed by atoms with Gasteiger partial charge in [-0.05, 0) is 30.3 Å². The second-order valence-electron chi connectivity index (χ2n) is 6.41. The van der Waals surface area contributed by atoms with Crippen molar-refractivity contribution >= 4 is 34.3 Å². The number of aryl methyl sites for hydroxylation is 1. The number of carbonyl (C=O) groups is 2. The average molecular weight is 385 g/mol. The van der Waals surface area contributed by atoms with Crippen LogP contribution in [0.3, 0.4) is 0 Å². The quantitative estimate of drug-likeness (QED) is 0.724. The molecule has 8 heteroatoms. The van der Waals surface area contributed by atoms with E-state index in [1.54, 1.807) is 12.1 Å². The second kappa shape index (κ2) is 6.59. The lowest BCUT2D eigenvalue weighted by Gasteiger charge is -2.26. The third-order valence-electron chi connectivity index (χ3n) is 4.71. The van der Waals surface area contributed by atoms with E-state index in [1.165, 1.54) is 6.07 Å². The predicted octanol–water partition coefficient (Wildman–Crippen LogP) is 2.58. The van der Waals surface area contributed by atoms with Crippen molar-refractivity contribution in [3.05, 3.63) is 58.4 Å². The Kier molecular flexibility index (Phi) is 4.24. The molecule has 0 fully saturated rings. The number of pyridine rings is 1. The molecule has 0 radical (unpaired) electrons. The summed E-state index contributed by atoms with van der Waals surface area (Å²) in [5, 5.41) is 4.58. The van der Waals surface area contributed by atoms with Crippen molar-refractivity contribution in [2.24, 2.45) is 12.8 Å². The van der Waals surface area contributed by atoms with Crippen molar-refractivity contribution in [2.75, 3.05) is 6.61 Å². The topological polar surface area (TPSA) is 99.2 Å². The first-order chi connectivity index (χ1) is 12.9. The number of hydrogen-bond donors (Lipinski definition) is 2. The van der Waals surface area contributed by atoms with Crippen LogP contribution in [-0.4, -0.2) is 28.0 Å². The molecule has 4 rings (SSSR count). The highest BCUT2D eigenvalue weighted by Gasteiger charge is 2.26. The third-order valence-corrected chi connectivity index (χ3v) is 4.94. The van der Waals surface area contributed by atoms with Crippen LogP contribution in [0.1, 0.15) is 39.0 Å². The number of nitrogens with zero attached hydrogens (tertiary/aromatic N) is 2. The van der Waals surface area contributed by atoms with Crippen molar-refractivity contribution in [3.63, 3.8) is 0 Å². The van der Waals surface area contributed by atoms with Gasteiger partial charge in [0.2, 0.25) is 5.88 Å². The predicted molar refractivity (Wildman–Crippen MR) is 101 cm³/mol. The van der Waals surface area contributed by atoms with Crippen LogP contribution in [-0.2, 0) is 7.05 Å². The Morgan fingerprint density at radius 2 is 2.11 bits per heavy atom. The highest BCUT2D eigenvalue weighted by Crippen LogP contribution is 2.31. The molecule has 3 heterocycles. The van der Waals surface area contributed by atoms with Crippen LogP contribution >= 0.6 is 11.6 Å². The van der Waals surface area contributed by atoms with Gasteiger partial charge in [-0.3, -0.25) is 9.59 Å². The number of carbonyl (C=O) groups excluding carboxylic acids is 2. The molecule has 2 amide bonds. The van der Waals surface area contributed by atoms with Gasteiger partial charge in [-0.15, -0.1) is 0 Å². The number of fused-ring (bicyclic) bond motifs is 2. The summed E-state index contributed by atoms with van der Waals surface area (Å²) in [7, 11) is 1.83. The molecule has 0 bridgehead atoms. The molecular weight excluding hydrogens is 368 g/mol. The summed E-state index contributed by atoms with van der Waals surface area (Å²) < 4.78 is 7.34. The van der Waals surface area contributed by atoms with Gasteiger partial charge in [-0.2, -0.15) is 0 Å². The summed E-state index contributed by atoms with van der Waals surface area (Å²) in [5.41, 5.74) is 7.53. The fraction of sp³-hybridized carbons (Fsp3) is 0.211. The largest absolute Gasteiger partial charge is 0.477 e. The van der Waals surface area contributed by atoms with Crippen molar-refractivity contribution in [1.82, 2.24) is 14.9 Å². The summed E-state index contributed by atoms with van der Waals surface area (Å²) >= 11 is 6.06. The van der Waals surface area contributed by atoms with Gasteiger partial charge in [0.25, 0.3) is 11.8 Å². The van der Waals surface area contributed by atoms with Crippen molar-refractivity contribution in [2.45, 2.75) is 12.5 Å². The molecule has 3 N–H and O–H groups in total. The smallest absolute Gasteiger partial charge is 0.268 e. The lowest BCUT2D eigenvalue weighted by Crippen LogP contribution is -2.33. The molecule has 0 spiro atoms. The van der Waals surface area contributed by atoms with E-state index in [1.807, 2.05) is 29.8 Å². The van der Waals surface area contributed by atoms with Gasteiger partial charge in [0.05, 0.1) is 12.6 Å². The van der Waals surface area contributed by atoms with Gasteiger partial charge in [0.1, 0.15) is 11.4 Å². The minimum absolute atomic E-state index is 0.131. The highest BCUT2D eigenvalue weighted by atomic mass is 35.5. The maximum Gasteiger partial charge on any atom is 0.268 e. The molecule has 1 atom stereocenters. The van der Waals surface area contributed by atoms with Crippen LogP contribution in [0, 0.1) is 0 Å². The summed E-state index contributed by atoms with van der Waals surface area (Å²) in [5.74, 6) is -0.505. The fourth-order valence-corrected chi connectivity index (χ4v) is 3.47. The number of rotatable bonds is 3. The van der Waals surface area contributed by atoms with E-state index in [0.29, 0.717) is 29.6 Å². The number of ether oxygens (including phenoxy) is 1. The second-order valence-corrected chi connectivity index (χ2v) is 6.85. The van der Waals surface area contributed by atoms with Crippen molar-refractivity contribution in [1.29, 1.82) is 0 Å². The van der Waals surface area contributed by atoms with Crippen LogP contribution < -0.4 is 15.8 Å². The van der Waals surface area contributed by atoms with E-state index in [-0.39, 0.29) is 17.6 Å². The molecule has 1 aliphatic rings. The number of aromatic nitrogens is 2. The van der Waals surface area contributed by atoms with Crippen molar-refractivity contribution < 1.29 is 14.3 Å². The monoisotopic (exact) mass is 384 g/mol. The van der Waals surface area contributed by atoms with Crippen LogP contribution in [0.25, 0.3) is 10.9 Å². The van der Waals surface area contributed by atoms with Crippen molar-refractivity contribution in [3.8, 4) is 5.88 Å². The van der Waals surface area contributed by atoms with Gasteiger partial charge in [-0.25, -0.2) is 4.98 Å². The van der Waals surface area contributed by atoms with Crippen LogP contribution in [0.2, 0.25) is 5.02 Å². The maximum atomic E-state index is 12.9. The van der Waals surface area contributed by atoms with E-state index in [0.717, 1.165) is 16.5 Å². The minimum Gasteiger partial charge on any atom is -0.477 e. The molecule has 3 aromatic rings. The Balaban J connectivity index is 1.63. The first-order valence-corrected chi connectivity index (χ1v) is 8.81. The van der Waals surface area contributed by atoms with E-state index < -0.39 is 5.91 Å². The number of halogens is 1. The summed E-state index contributed by atoms with van der Waals surface area (Å²) in [6, 6.07) is 10.3. The molecular formula is C19H17ClN4O3. The zero-order valence-electron chi connectivity index (χ0n) is 14.5. The molecule has 0 saturated heterocycles. The van der Waals surface area contributed by atoms with Gasteiger partial charge in [0, 0.05) is 35.0 Å². The lowest BCUT2D eigenvalue weighted by atomic mass is 10.0. The van der Waals surface area contributed by atoms with Crippen LogP contribution in [0.5, 0.6) is 5.88 Å². The fourth-order valence-electron chi connectivity index (χ4n) is 3.30. The Hall–Kier alpha value is -3.06. The standard InChI is InChI=1S/C19H17ClN4O3/c1-24-15-9-11(20)3-2-10(15)8-16(24)18(26)22-13-6-7-27-19-12(13)4-5-14(23-19)17(21)25/h2-5,8-9,13H,6-7H2,1H3,(H2,21,25)(H,22,26). The van der Waals surface area contributed by atoms with Gasteiger partial charge in [0.15, 0.2) is 0 Å². The average Bonchev–Trinajstić information content (AvgIpc) is 2.98. The third kappa shape index (κ3) is 3.10. The molecule has 1 unspecified atom stereocenters. The normalized spacial score (nSPS) is 15.9. The summed E-state index contributed by atoms with van der Waals surface area (Å²) in [6.07, 6.45) is 0.603. The molecule has 7 nitrogen and oxygen atoms in total. The summed E-state index contributed by atoms with van der Waals surface area (Å²) in [4.78, 5) is 28.3. The van der Waals surface area contributed by atoms with Crippen LogP contribution in [0.4, 0.5) is 0 Å². The first kappa shape index (κ1) is 17.4.